The van der Waals surface area contributed by atoms with E-state index in [0.717, 1.165) is 0 Å². The fourth-order valence-electron chi connectivity index (χ4n) is 3.99. The Kier molecular flexibility index (Phi) is 5.15. The van der Waals surface area contributed by atoms with Crippen molar-refractivity contribution in [1.82, 2.24) is 14.5 Å². The van der Waals surface area contributed by atoms with Gasteiger partial charge >= 0.3 is 5.97 Å². The Hall–Kier alpha value is -3.30. The molecule has 1 aliphatic rings. The molecule has 0 amide bonds. The van der Waals surface area contributed by atoms with Gasteiger partial charge in [-0.1, -0.05) is 23.7 Å². The van der Waals surface area contributed by atoms with Crippen molar-refractivity contribution in [2.75, 3.05) is 31.2 Å². The van der Waals surface area contributed by atoms with E-state index < -0.39 is 18.1 Å². The number of carboxylic acid groups (broad SMARTS) is 1. The monoisotopic (exact) mass is 458 g/mol. The Morgan fingerprint density at radius 1 is 1.16 bits per heavy atom. The molecule has 3 heterocycles. The molecule has 0 saturated carbocycles. The Labute approximate surface area is 185 Å². The van der Waals surface area contributed by atoms with E-state index in [-0.39, 0.29) is 21.6 Å². The van der Waals surface area contributed by atoms with Crippen LogP contribution < -0.4 is 4.90 Å². The van der Waals surface area contributed by atoms with E-state index in [2.05, 4.69) is 9.97 Å². The van der Waals surface area contributed by atoms with Gasteiger partial charge in [-0.25, -0.2) is 23.5 Å². The van der Waals surface area contributed by atoms with E-state index in [4.69, 9.17) is 16.3 Å². The summed E-state index contributed by atoms with van der Waals surface area (Å²) in [7, 11) is 0. The number of imidazole rings is 1. The molecule has 164 valence electrons. The number of carboxylic acids is 1. The fraction of sp³-hybridized carbons (Fsp3) is 0.227. The number of para-hydroxylation sites is 1. The molecule has 1 N–H and O–H groups in total. The van der Waals surface area contributed by atoms with Crippen molar-refractivity contribution >= 4 is 45.2 Å². The molecule has 2 aromatic carbocycles. The smallest absolute Gasteiger partial charge is 0.338 e. The number of rotatable bonds is 4. The molecule has 0 radical (unpaired) electrons. The second-order valence-electron chi connectivity index (χ2n) is 7.38. The first-order valence-electron chi connectivity index (χ1n) is 9.89. The van der Waals surface area contributed by atoms with Crippen molar-refractivity contribution in [1.29, 1.82) is 0 Å². The second-order valence-corrected chi connectivity index (χ2v) is 7.79. The van der Waals surface area contributed by atoms with Crippen LogP contribution in [0, 0.1) is 0 Å². The zero-order valence-electron chi connectivity index (χ0n) is 16.6. The van der Waals surface area contributed by atoms with Gasteiger partial charge in [0.25, 0.3) is 6.43 Å². The van der Waals surface area contributed by atoms with Crippen LogP contribution in [0.15, 0.2) is 42.7 Å². The molecule has 0 bridgehead atoms. The van der Waals surface area contributed by atoms with Crippen LogP contribution in [0.2, 0.25) is 5.02 Å². The number of nitrogens with zero attached hydrogens (tertiary/aromatic N) is 4. The highest BCUT2D eigenvalue weighted by Crippen LogP contribution is 2.34. The molecule has 4 aromatic rings. The van der Waals surface area contributed by atoms with E-state index in [1.807, 2.05) is 11.0 Å². The maximum atomic E-state index is 13.6. The highest BCUT2D eigenvalue weighted by atomic mass is 35.5. The first-order valence-corrected chi connectivity index (χ1v) is 10.3. The number of carbonyl (C=O) groups is 1. The molecule has 0 atom stereocenters. The summed E-state index contributed by atoms with van der Waals surface area (Å²) >= 11 is 6.25. The highest BCUT2D eigenvalue weighted by Gasteiger charge is 2.22. The van der Waals surface area contributed by atoms with E-state index in [0.29, 0.717) is 48.6 Å². The minimum atomic E-state index is -2.80. The summed E-state index contributed by atoms with van der Waals surface area (Å²) in [4.78, 5) is 22.3. The van der Waals surface area contributed by atoms with Crippen LogP contribution in [-0.4, -0.2) is 51.9 Å². The van der Waals surface area contributed by atoms with Gasteiger partial charge in [0.05, 0.1) is 40.5 Å². The van der Waals surface area contributed by atoms with Crippen molar-refractivity contribution in [3.05, 3.63) is 59.0 Å². The maximum absolute atomic E-state index is 13.6. The van der Waals surface area contributed by atoms with Gasteiger partial charge in [0, 0.05) is 24.2 Å². The van der Waals surface area contributed by atoms with Gasteiger partial charge in [0.1, 0.15) is 17.5 Å². The molecular weight excluding hydrogens is 442 g/mol. The molecule has 1 fully saturated rings. The van der Waals surface area contributed by atoms with Crippen LogP contribution in [0.25, 0.3) is 27.6 Å². The van der Waals surface area contributed by atoms with Crippen LogP contribution in [-0.2, 0) is 4.74 Å². The first-order chi connectivity index (χ1) is 15.4. The predicted octanol–water partition coefficient (Wildman–Crippen LogP) is 4.70. The van der Waals surface area contributed by atoms with Crippen molar-refractivity contribution in [3.8, 4) is 5.69 Å². The van der Waals surface area contributed by atoms with Gasteiger partial charge < -0.3 is 14.7 Å². The molecule has 2 aromatic heterocycles. The Morgan fingerprint density at radius 2 is 1.94 bits per heavy atom. The number of alkyl halides is 2. The topological polar surface area (TPSA) is 80.5 Å². The maximum Gasteiger partial charge on any atom is 0.338 e. The molecule has 32 heavy (non-hydrogen) atoms. The molecule has 1 saturated heterocycles. The third-order valence-corrected chi connectivity index (χ3v) is 5.82. The van der Waals surface area contributed by atoms with E-state index >= 15 is 0 Å². The first kappa shape index (κ1) is 20.6. The van der Waals surface area contributed by atoms with E-state index in [1.165, 1.54) is 12.4 Å². The van der Waals surface area contributed by atoms with Crippen molar-refractivity contribution < 1.29 is 23.4 Å². The lowest BCUT2D eigenvalue weighted by Crippen LogP contribution is -2.36. The third-order valence-electron chi connectivity index (χ3n) is 5.51. The zero-order chi connectivity index (χ0) is 22.4. The summed E-state index contributed by atoms with van der Waals surface area (Å²) in [6, 6.07) is 9.71. The van der Waals surface area contributed by atoms with Gasteiger partial charge in [0.2, 0.25) is 0 Å². The minimum Gasteiger partial charge on any atom is -0.478 e. The standard InChI is InChI=1S/C22H17ClF2N4O3/c23-15-3-1-2-13-17(10-16(21(24)25)27-19(13)15)29-11-26-20-14(22(30)31)8-12(9-18(20)29)28-4-6-32-7-5-28/h1-3,8-11,21H,4-7H2,(H,30,31). The van der Waals surface area contributed by atoms with Crippen LogP contribution in [0.1, 0.15) is 22.5 Å². The lowest BCUT2D eigenvalue weighted by molar-refractivity contribution is 0.0699. The number of hydrogen-bond acceptors (Lipinski definition) is 5. The second kappa shape index (κ2) is 7.99. The van der Waals surface area contributed by atoms with Crippen molar-refractivity contribution in [2.24, 2.45) is 0 Å². The number of pyridine rings is 1. The SMILES string of the molecule is O=C(O)c1cc(N2CCOCC2)cc2c1ncn2-c1cc(C(F)F)nc2c(Cl)cccc12. The number of anilines is 1. The molecular formula is C22H17ClF2N4O3. The molecule has 7 nitrogen and oxygen atoms in total. The van der Waals surface area contributed by atoms with E-state index in [1.54, 1.807) is 28.8 Å². The highest BCUT2D eigenvalue weighted by molar-refractivity contribution is 6.35. The number of hydrogen-bond donors (Lipinski definition) is 1. The number of halogens is 3. The lowest BCUT2D eigenvalue weighted by atomic mass is 10.1. The molecule has 5 rings (SSSR count). The quantitative estimate of drug-likeness (QED) is 0.477. The van der Waals surface area contributed by atoms with Gasteiger partial charge in [-0.3, -0.25) is 4.57 Å². The van der Waals surface area contributed by atoms with Crippen LogP contribution >= 0.6 is 11.6 Å². The number of aromatic nitrogens is 3. The van der Waals surface area contributed by atoms with Gasteiger partial charge in [-0.15, -0.1) is 0 Å². The predicted molar refractivity (Wildman–Crippen MR) is 116 cm³/mol. The Morgan fingerprint density at radius 3 is 2.66 bits per heavy atom. The molecule has 0 spiro atoms. The normalized spacial score (nSPS) is 14.6. The summed E-state index contributed by atoms with van der Waals surface area (Å²) < 4.78 is 34.2. The van der Waals surface area contributed by atoms with Gasteiger partial charge in [-0.05, 0) is 24.3 Å². The lowest BCUT2D eigenvalue weighted by Gasteiger charge is -2.29. The summed E-state index contributed by atoms with van der Waals surface area (Å²) in [6.07, 6.45) is -1.37. The molecule has 10 heteroatoms. The summed E-state index contributed by atoms with van der Waals surface area (Å²) in [5.74, 6) is -1.12. The number of morpholine rings is 1. The van der Waals surface area contributed by atoms with Crippen LogP contribution in [0.4, 0.5) is 14.5 Å². The number of aromatic carboxylic acids is 1. The van der Waals surface area contributed by atoms with Crippen LogP contribution in [0.3, 0.4) is 0 Å². The van der Waals surface area contributed by atoms with Gasteiger partial charge in [0.15, 0.2) is 0 Å². The Balaban J connectivity index is 1.80. The zero-order valence-corrected chi connectivity index (χ0v) is 17.4. The molecule has 1 aliphatic heterocycles. The number of benzene rings is 2. The average molecular weight is 459 g/mol. The number of fused-ring (bicyclic) bond motifs is 2. The van der Waals surface area contributed by atoms with Gasteiger partial charge in [-0.2, -0.15) is 0 Å². The average Bonchev–Trinajstić information content (AvgIpc) is 3.22. The number of ether oxygens (including phenoxy) is 1. The Bertz CT molecular complexity index is 1350. The van der Waals surface area contributed by atoms with Crippen molar-refractivity contribution in [3.63, 3.8) is 0 Å². The fourth-order valence-corrected chi connectivity index (χ4v) is 4.20. The molecule has 0 aliphatic carbocycles. The van der Waals surface area contributed by atoms with Crippen molar-refractivity contribution in [2.45, 2.75) is 6.43 Å². The molecule has 0 unspecified atom stereocenters. The summed E-state index contributed by atoms with van der Waals surface area (Å²) in [5.41, 5.74) is 1.69. The van der Waals surface area contributed by atoms with E-state index in [9.17, 15) is 18.7 Å². The largest absolute Gasteiger partial charge is 0.478 e. The third kappa shape index (κ3) is 3.43. The summed E-state index contributed by atoms with van der Waals surface area (Å²) in [5, 5.41) is 10.6. The minimum absolute atomic E-state index is 0.0354. The van der Waals surface area contributed by atoms with Crippen LogP contribution in [0.5, 0.6) is 0 Å². The summed E-state index contributed by atoms with van der Waals surface area (Å²) in [6.45, 7) is 2.29.